The lowest BCUT2D eigenvalue weighted by molar-refractivity contribution is 0.120. The van der Waals surface area contributed by atoms with Gasteiger partial charge in [-0.25, -0.2) is 0 Å². The smallest absolute Gasteiger partial charge is 0.0978 e. The highest BCUT2D eigenvalue weighted by atomic mass is 16.5. The molecule has 0 amide bonds. The van der Waals surface area contributed by atoms with Gasteiger partial charge in [0.1, 0.15) is 0 Å². The minimum Gasteiger partial charge on any atom is -0.498 e. The molecule has 1 heteroatoms. The van der Waals surface area contributed by atoms with Crippen molar-refractivity contribution in [3.63, 3.8) is 0 Å². The van der Waals surface area contributed by atoms with E-state index in [1.807, 2.05) is 12.3 Å². The molecule has 0 radical (unpaired) electrons. The molecule has 0 aromatic rings. The van der Waals surface area contributed by atoms with Crippen molar-refractivity contribution in [2.45, 2.75) is 194 Å². The fourth-order valence-electron chi connectivity index (χ4n) is 5.19. The highest BCUT2D eigenvalue weighted by Gasteiger charge is 2.08. The molecule has 0 aromatic carbocycles. The van der Waals surface area contributed by atoms with Crippen LogP contribution in [0, 0.1) is 0 Å². The van der Waals surface area contributed by atoms with Crippen LogP contribution in [-0.2, 0) is 4.74 Å². The topological polar surface area (TPSA) is 9.23 Å². The molecule has 0 aliphatic heterocycles. The Morgan fingerprint density at radius 1 is 0.415 bits per heavy atom. The summed E-state index contributed by atoms with van der Waals surface area (Å²) in [5.41, 5.74) is 0. The monoisotopic (exact) mass is 569 g/mol. The van der Waals surface area contributed by atoms with Crippen LogP contribution in [0.15, 0.2) is 60.9 Å². The maximum atomic E-state index is 6.03. The van der Waals surface area contributed by atoms with Gasteiger partial charge in [0.25, 0.3) is 0 Å². The number of ether oxygens (including phenoxy) is 1. The summed E-state index contributed by atoms with van der Waals surface area (Å²) in [7, 11) is 0. The van der Waals surface area contributed by atoms with E-state index in [4.69, 9.17) is 4.74 Å². The summed E-state index contributed by atoms with van der Waals surface area (Å²) >= 11 is 0. The van der Waals surface area contributed by atoms with E-state index in [9.17, 15) is 0 Å². The molecule has 0 aliphatic rings. The van der Waals surface area contributed by atoms with E-state index in [2.05, 4.69) is 69.4 Å². The summed E-state index contributed by atoms with van der Waals surface area (Å²) in [6.45, 7) is 6.59. The van der Waals surface area contributed by atoms with Crippen molar-refractivity contribution in [1.82, 2.24) is 0 Å². The molecular weight excluding hydrogens is 496 g/mol. The van der Waals surface area contributed by atoms with Crippen LogP contribution in [0.5, 0.6) is 0 Å². The third-order valence-corrected chi connectivity index (χ3v) is 7.86. The molecule has 41 heavy (non-hydrogen) atoms. The normalized spacial score (nSPS) is 12.6. The molecule has 0 spiro atoms. The zero-order valence-electron chi connectivity index (χ0n) is 28.1. The van der Waals surface area contributed by atoms with E-state index < -0.39 is 0 Å². The first-order chi connectivity index (χ1) is 20.3. The second-order valence-corrected chi connectivity index (χ2v) is 12.0. The summed E-state index contributed by atoms with van der Waals surface area (Å²) in [6, 6.07) is 0. The SMILES string of the molecule is C/C=C/OC(CCCCCCCC/C=C\C/C=C\CCCCC)CCCCCCCC/C=C\C/C=C\CCCCC. The lowest BCUT2D eigenvalue weighted by Crippen LogP contribution is -2.09. The molecule has 0 heterocycles. The molecule has 0 unspecified atom stereocenters. The Morgan fingerprint density at radius 2 is 0.756 bits per heavy atom. The molecule has 0 fully saturated rings. The summed E-state index contributed by atoms with van der Waals surface area (Å²) in [4.78, 5) is 0. The third kappa shape index (κ3) is 34.6. The first kappa shape index (κ1) is 39.5. The predicted octanol–water partition coefficient (Wildman–Crippen LogP) is 14.3. The van der Waals surface area contributed by atoms with Crippen LogP contribution in [0.25, 0.3) is 0 Å². The van der Waals surface area contributed by atoms with Gasteiger partial charge in [0.2, 0.25) is 0 Å². The molecule has 0 bridgehead atoms. The van der Waals surface area contributed by atoms with Gasteiger partial charge in [0, 0.05) is 0 Å². The number of hydrogen-bond acceptors (Lipinski definition) is 1. The zero-order valence-corrected chi connectivity index (χ0v) is 28.1. The largest absolute Gasteiger partial charge is 0.498 e. The molecule has 0 N–H and O–H groups in total. The fourth-order valence-corrected chi connectivity index (χ4v) is 5.19. The van der Waals surface area contributed by atoms with Crippen molar-refractivity contribution < 1.29 is 4.74 Å². The summed E-state index contributed by atoms with van der Waals surface area (Å²) in [6.07, 6.45) is 57.2. The van der Waals surface area contributed by atoms with Crippen LogP contribution >= 0.6 is 0 Å². The van der Waals surface area contributed by atoms with E-state index >= 15 is 0 Å². The van der Waals surface area contributed by atoms with Crippen molar-refractivity contribution in [2.24, 2.45) is 0 Å². The van der Waals surface area contributed by atoms with E-state index in [0.29, 0.717) is 6.10 Å². The first-order valence-electron chi connectivity index (χ1n) is 18.2. The average molecular weight is 569 g/mol. The molecule has 0 rings (SSSR count). The Morgan fingerprint density at radius 3 is 1.12 bits per heavy atom. The maximum absolute atomic E-state index is 6.03. The van der Waals surface area contributed by atoms with Crippen LogP contribution in [-0.4, -0.2) is 6.10 Å². The quantitative estimate of drug-likeness (QED) is 0.0445. The first-order valence-corrected chi connectivity index (χ1v) is 18.2. The van der Waals surface area contributed by atoms with Gasteiger partial charge < -0.3 is 4.74 Å². The fraction of sp³-hybridized carbons (Fsp3) is 0.750. The third-order valence-electron chi connectivity index (χ3n) is 7.86. The number of allylic oxidation sites excluding steroid dienone is 9. The van der Waals surface area contributed by atoms with Crippen molar-refractivity contribution in [3.05, 3.63) is 60.9 Å². The minimum absolute atomic E-state index is 0.419. The van der Waals surface area contributed by atoms with Gasteiger partial charge in [0.15, 0.2) is 0 Å². The van der Waals surface area contributed by atoms with Gasteiger partial charge in [0.05, 0.1) is 12.4 Å². The predicted molar refractivity (Wildman–Crippen MR) is 188 cm³/mol. The Balaban J connectivity index is 3.62. The average Bonchev–Trinajstić information content (AvgIpc) is 2.98. The lowest BCUT2D eigenvalue weighted by Gasteiger charge is -2.16. The van der Waals surface area contributed by atoms with E-state index in [1.54, 1.807) is 0 Å². The molecule has 0 saturated heterocycles. The van der Waals surface area contributed by atoms with E-state index in [0.717, 1.165) is 12.8 Å². The highest BCUT2D eigenvalue weighted by molar-refractivity contribution is 4.93. The summed E-state index contributed by atoms with van der Waals surface area (Å²) in [5, 5.41) is 0. The van der Waals surface area contributed by atoms with Crippen LogP contribution in [0.1, 0.15) is 188 Å². The number of unbranched alkanes of at least 4 members (excludes halogenated alkanes) is 18. The summed E-state index contributed by atoms with van der Waals surface area (Å²) < 4.78 is 6.03. The van der Waals surface area contributed by atoms with Crippen molar-refractivity contribution in [2.75, 3.05) is 0 Å². The molecule has 0 atom stereocenters. The Bertz CT molecular complexity index is 575. The zero-order chi connectivity index (χ0) is 29.7. The standard InChI is InChI=1S/C40H72O/c1-4-7-9-11-13-15-17-19-21-23-25-27-29-31-33-35-37-40(41-39-6-3)38-36-34-32-30-28-26-24-22-20-18-16-14-12-10-8-5-2/h6,13-16,19-22,39-40H,4-5,7-12,17-18,23-38H2,1-3H3/b15-13-,16-14-,21-19-,22-20-,39-6+. The summed E-state index contributed by atoms with van der Waals surface area (Å²) in [5.74, 6) is 0. The van der Waals surface area contributed by atoms with E-state index in [-0.39, 0.29) is 0 Å². The maximum Gasteiger partial charge on any atom is 0.0978 e. The second kappa shape index (κ2) is 36.5. The van der Waals surface area contributed by atoms with Crippen LogP contribution in [0.2, 0.25) is 0 Å². The Labute approximate surface area is 259 Å². The van der Waals surface area contributed by atoms with Crippen molar-refractivity contribution in [1.29, 1.82) is 0 Å². The van der Waals surface area contributed by atoms with Crippen LogP contribution in [0.3, 0.4) is 0 Å². The van der Waals surface area contributed by atoms with E-state index in [1.165, 1.54) is 154 Å². The highest BCUT2D eigenvalue weighted by Crippen LogP contribution is 2.17. The van der Waals surface area contributed by atoms with Gasteiger partial charge in [-0.15, -0.1) is 0 Å². The van der Waals surface area contributed by atoms with Crippen LogP contribution in [0.4, 0.5) is 0 Å². The van der Waals surface area contributed by atoms with Gasteiger partial charge in [-0.05, 0) is 96.8 Å². The Kier molecular flexibility index (Phi) is 35.2. The molecular formula is C40H72O. The van der Waals surface area contributed by atoms with Crippen molar-refractivity contribution in [3.8, 4) is 0 Å². The molecule has 0 aliphatic carbocycles. The minimum atomic E-state index is 0.419. The van der Waals surface area contributed by atoms with Crippen molar-refractivity contribution >= 4 is 0 Å². The molecule has 238 valence electrons. The Hall–Kier alpha value is -1.50. The number of hydrogen-bond donors (Lipinski definition) is 0. The van der Waals surface area contributed by atoms with Gasteiger partial charge in [-0.2, -0.15) is 0 Å². The molecule has 1 nitrogen and oxygen atoms in total. The molecule has 0 aromatic heterocycles. The van der Waals surface area contributed by atoms with Gasteiger partial charge in [-0.3, -0.25) is 0 Å². The number of rotatable bonds is 32. The molecule has 0 saturated carbocycles. The second-order valence-electron chi connectivity index (χ2n) is 12.0. The van der Waals surface area contributed by atoms with Crippen LogP contribution < -0.4 is 0 Å². The van der Waals surface area contributed by atoms with Gasteiger partial charge >= 0.3 is 0 Å². The lowest BCUT2D eigenvalue weighted by atomic mass is 10.0. The van der Waals surface area contributed by atoms with Gasteiger partial charge in [-0.1, -0.05) is 146 Å².